The van der Waals surface area contributed by atoms with E-state index < -0.39 is 6.10 Å². The molecule has 2 heteroatoms. The minimum absolute atomic E-state index is 0.309. The predicted octanol–water partition coefficient (Wildman–Crippen LogP) is 4.67. The lowest BCUT2D eigenvalue weighted by Crippen LogP contribution is -2.19. The van der Waals surface area contributed by atoms with Crippen molar-refractivity contribution < 1.29 is 5.11 Å². The molecular weight excluding hydrogens is 244 g/mol. The molecule has 0 aromatic heterocycles. The smallest absolute Gasteiger partial charge is 0.0821 e. The van der Waals surface area contributed by atoms with Crippen LogP contribution in [0.15, 0.2) is 29.8 Å². The van der Waals surface area contributed by atoms with Crippen molar-refractivity contribution in [1.29, 1.82) is 0 Å². The molecule has 0 aliphatic heterocycles. The minimum Gasteiger partial charge on any atom is -0.388 e. The van der Waals surface area contributed by atoms with Crippen LogP contribution in [0.2, 0.25) is 5.02 Å². The molecular formula is C16H21ClO. The zero-order chi connectivity index (χ0) is 13.3. The number of allylic oxidation sites excluding steroid dienone is 2. The Kier molecular flexibility index (Phi) is 4.14. The first-order chi connectivity index (χ1) is 8.47. The summed E-state index contributed by atoms with van der Waals surface area (Å²) in [6.07, 6.45) is 3.93. The van der Waals surface area contributed by atoms with Gasteiger partial charge in [-0.2, -0.15) is 0 Å². The van der Waals surface area contributed by atoms with Crippen molar-refractivity contribution >= 4 is 11.6 Å². The van der Waals surface area contributed by atoms with E-state index in [1.54, 1.807) is 0 Å². The summed E-state index contributed by atoms with van der Waals surface area (Å²) in [5.74, 6) is 0.864. The third kappa shape index (κ3) is 2.96. The van der Waals surface area contributed by atoms with Crippen molar-refractivity contribution in [1.82, 2.24) is 0 Å². The second-order valence-electron chi connectivity index (χ2n) is 5.64. The highest BCUT2D eigenvalue weighted by Gasteiger charge is 2.26. The maximum absolute atomic E-state index is 10.5. The molecule has 1 nitrogen and oxygen atoms in total. The number of benzene rings is 1. The minimum atomic E-state index is -0.408. The van der Waals surface area contributed by atoms with Crippen LogP contribution in [0.1, 0.15) is 43.9 Å². The highest BCUT2D eigenvalue weighted by atomic mass is 35.5. The molecule has 0 amide bonds. The summed E-state index contributed by atoms with van der Waals surface area (Å²) in [7, 11) is 0. The van der Waals surface area contributed by atoms with Crippen molar-refractivity contribution in [3.8, 4) is 0 Å². The van der Waals surface area contributed by atoms with Crippen molar-refractivity contribution in [2.24, 2.45) is 11.8 Å². The van der Waals surface area contributed by atoms with Crippen molar-refractivity contribution in [2.45, 2.75) is 39.7 Å². The van der Waals surface area contributed by atoms with E-state index in [0.717, 1.165) is 29.0 Å². The second kappa shape index (κ2) is 5.46. The second-order valence-corrected chi connectivity index (χ2v) is 6.05. The normalized spacial score (nSPS) is 25.7. The summed E-state index contributed by atoms with van der Waals surface area (Å²) >= 11 is 6.13. The molecule has 0 radical (unpaired) electrons. The van der Waals surface area contributed by atoms with Gasteiger partial charge in [-0.25, -0.2) is 0 Å². The Hall–Kier alpha value is -0.790. The summed E-state index contributed by atoms with van der Waals surface area (Å²) in [4.78, 5) is 0. The van der Waals surface area contributed by atoms with Crippen LogP contribution >= 0.6 is 11.6 Å². The van der Waals surface area contributed by atoms with Gasteiger partial charge in [0, 0.05) is 5.02 Å². The zero-order valence-electron chi connectivity index (χ0n) is 11.3. The molecule has 3 atom stereocenters. The first kappa shape index (κ1) is 13.6. The number of halogens is 1. The Balaban J connectivity index is 2.18. The Bertz CT molecular complexity index is 464. The van der Waals surface area contributed by atoms with Gasteiger partial charge in [-0.3, -0.25) is 0 Å². The van der Waals surface area contributed by atoms with Gasteiger partial charge < -0.3 is 5.11 Å². The van der Waals surface area contributed by atoms with Crippen LogP contribution in [0.5, 0.6) is 0 Å². The first-order valence-electron chi connectivity index (χ1n) is 6.58. The number of hydrogen-bond acceptors (Lipinski definition) is 1. The third-order valence-corrected chi connectivity index (χ3v) is 4.22. The Morgan fingerprint density at radius 3 is 2.67 bits per heavy atom. The molecule has 0 saturated carbocycles. The molecule has 1 aromatic carbocycles. The summed E-state index contributed by atoms with van der Waals surface area (Å²) < 4.78 is 0. The monoisotopic (exact) mass is 264 g/mol. The quantitative estimate of drug-likeness (QED) is 0.770. The molecule has 0 spiro atoms. The third-order valence-electron chi connectivity index (χ3n) is 3.81. The van der Waals surface area contributed by atoms with Gasteiger partial charge in [0.25, 0.3) is 0 Å². The Morgan fingerprint density at radius 2 is 2.06 bits per heavy atom. The summed E-state index contributed by atoms with van der Waals surface area (Å²) in [5, 5.41) is 11.2. The Labute approximate surface area is 114 Å². The standard InChI is InChI=1S/C16H21ClO/c1-10-6-11(2)8-14(7-10)16(18)13-5-4-12(3)15(17)9-13/h4-6,9-10,14,16,18H,7-8H2,1-3H3. The van der Waals surface area contributed by atoms with Crippen LogP contribution in [0.4, 0.5) is 0 Å². The average Bonchev–Trinajstić information content (AvgIpc) is 2.30. The molecule has 1 aliphatic rings. The molecule has 98 valence electrons. The van der Waals surface area contributed by atoms with E-state index in [4.69, 9.17) is 11.6 Å². The maximum Gasteiger partial charge on any atom is 0.0821 e. The first-order valence-corrected chi connectivity index (χ1v) is 6.96. The van der Waals surface area contributed by atoms with E-state index in [1.807, 2.05) is 25.1 Å². The number of aryl methyl sites for hydroxylation is 1. The van der Waals surface area contributed by atoms with Crippen molar-refractivity contribution in [2.75, 3.05) is 0 Å². The molecule has 0 fully saturated rings. The molecule has 0 saturated heterocycles. The van der Waals surface area contributed by atoms with Gasteiger partial charge in [-0.15, -0.1) is 0 Å². The highest BCUT2D eigenvalue weighted by Crippen LogP contribution is 2.37. The molecule has 1 aromatic rings. The van der Waals surface area contributed by atoms with Crippen LogP contribution in [-0.2, 0) is 0 Å². The van der Waals surface area contributed by atoms with Gasteiger partial charge in [-0.1, -0.05) is 42.3 Å². The van der Waals surface area contributed by atoms with Crippen LogP contribution in [0.3, 0.4) is 0 Å². The van der Waals surface area contributed by atoms with E-state index in [2.05, 4.69) is 19.9 Å². The molecule has 2 rings (SSSR count). The van der Waals surface area contributed by atoms with E-state index >= 15 is 0 Å². The van der Waals surface area contributed by atoms with Crippen LogP contribution in [0, 0.1) is 18.8 Å². The molecule has 18 heavy (non-hydrogen) atoms. The molecule has 0 bridgehead atoms. The lowest BCUT2D eigenvalue weighted by atomic mass is 9.79. The van der Waals surface area contributed by atoms with Gasteiger partial charge in [0.1, 0.15) is 0 Å². The highest BCUT2D eigenvalue weighted by molar-refractivity contribution is 6.31. The number of rotatable bonds is 2. The zero-order valence-corrected chi connectivity index (χ0v) is 12.0. The topological polar surface area (TPSA) is 20.2 Å². The molecule has 0 heterocycles. The lowest BCUT2D eigenvalue weighted by molar-refractivity contribution is 0.0932. The van der Waals surface area contributed by atoms with E-state index in [9.17, 15) is 5.11 Å². The van der Waals surface area contributed by atoms with Crippen LogP contribution in [-0.4, -0.2) is 5.11 Å². The molecule has 1 N–H and O–H groups in total. The van der Waals surface area contributed by atoms with Crippen molar-refractivity contribution in [3.63, 3.8) is 0 Å². The molecule has 3 unspecified atom stereocenters. The number of aliphatic hydroxyl groups excluding tert-OH is 1. The van der Waals surface area contributed by atoms with Crippen LogP contribution in [0.25, 0.3) is 0 Å². The van der Waals surface area contributed by atoms with Gasteiger partial charge in [0.15, 0.2) is 0 Å². The summed E-state index contributed by atoms with van der Waals surface area (Å²) in [5.41, 5.74) is 3.38. The summed E-state index contributed by atoms with van der Waals surface area (Å²) in [6.45, 7) is 6.34. The fourth-order valence-electron chi connectivity index (χ4n) is 2.90. The fourth-order valence-corrected chi connectivity index (χ4v) is 3.09. The lowest BCUT2D eigenvalue weighted by Gasteiger charge is -2.29. The fraction of sp³-hybridized carbons (Fsp3) is 0.500. The largest absolute Gasteiger partial charge is 0.388 e. The van der Waals surface area contributed by atoms with Crippen molar-refractivity contribution in [3.05, 3.63) is 46.0 Å². The SMILES string of the molecule is CC1=CC(C)CC(C(O)c2ccc(C)c(Cl)c2)C1. The van der Waals surface area contributed by atoms with Gasteiger partial charge in [0.2, 0.25) is 0 Å². The van der Waals surface area contributed by atoms with Gasteiger partial charge in [-0.05, 0) is 55.7 Å². The Morgan fingerprint density at radius 1 is 1.33 bits per heavy atom. The van der Waals surface area contributed by atoms with E-state index in [-0.39, 0.29) is 0 Å². The average molecular weight is 265 g/mol. The summed E-state index contributed by atoms with van der Waals surface area (Å²) in [6, 6.07) is 5.87. The maximum atomic E-state index is 10.5. The van der Waals surface area contributed by atoms with Crippen LogP contribution < -0.4 is 0 Å². The van der Waals surface area contributed by atoms with Gasteiger partial charge in [0.05, 0.1) is 6.10 Å². The number of aliphatic hydroxyl groups is 1. The van der Waals surface area contributed by atoms with Gasteiger partial charge >= 0.3 is 0 Å². The predicted molar refractivity (Wildman–Crippen MR) is 76.8 cm³/mol. The van der Waals surface area contributed by atoms with E-state index in [0.29, 0.717) is 11.8 Å². The van der Waals surface area contributed by atoms with E-state index in [1.165, 1.54) is 5.57 Å². The number of hydrogen-bond donors (Lipinski definition) is 1. The molecule has 1 aliphatic carbocycles.